The molecule has 1 saturated heterocycles. The predicted octanol–water partition coefficient (Wildman–Crippen LogP) is 1.85. The summed E-state index contributed by atoms with van der Waals surface area (Å²) in [6.45, 7) is 4.41. The molecule has 2 rings (SSSR count). The summed E-state index contributed by atoms with van der Waals surface area (Å²) in [4.78, 5) is 14.0. The average molecular weight is 225 g/mol. The van der Waals surface area contributed by atoms with Gasteiger partial charge in [0.05, 0.1) is 6.10 Å². The maximum atomic E-state index is 11.5. The molecule has 92 valence electrons. The van der Waals surface area contributed by atoms with Gasteiger partial charge in [-0.15, -0.1) is 0 Å². The summed E-state index contributed by atoms with van der Waals surface area (Å²) in [6.07, 6.45) is 5.39. The Hall–Kier alpha value is -0.410. The minimum atomic E-state index is 0.353. The number of methoxy groups -OCH3 is 1. The second kappa shape index (κ2) is 5.28. The molecule has 0 spiro atoms. The molecule has 0 aromatic rings. The first-order valence-electron chi connectivity index (χ1n) is 6.49. The fourth-order valence-corrected chi connectivity index (χ4v) is 3.01. The summed E-state index contributed by atoms with van der Waals surface area (Å²) in [7, 11) is 1.80. The summed E-state index contributed by atoms with van der Waals surface area (Å²) < 4.78 is 5.52. The number of likely N-dealkylation sites (tertiary alicyclic amines) is 1. The predicted molar refractivity (Wildman–Crippen MR) is 63.4 cm³/mol. The van der Waals surface area contributed by atoms with Crippen LogP contribution in [0.25, 0.3) is 0 Å². The van der Waals surface area contributed by atoms with Crippen LogP contribution in [-0.2, 0) is 9.53 Å². The summed E-state index contributed by atoms with van der Waals surface area (Å²) in [5.41, 5.74) is 0. The fraction of sp³-hybridized carbons (Fsp3) is 0.923. The lowest BCUT2D eigenvalue weighted by Gasteiger charge is -2.41. The molecule has 2 fully saturated rings. The van der Waals surface area contributed by atoms with Gasteiger partial charge in [-0.1, -0.05) is 6.92 Å². The molecule has 0 radical (unpaired) electrons. The highest BCUT2D eigenvalue weighted by Gasteiger charge is 2.32. The molecule has 1 aliphatic carbocycles. The molecule has 1 heterocycles. The molecule has 3 atom stereocenters. The van der Waals surface area contributed by atoms with Crippen molar-refractivity contribution in [2.75, 3.05) is 20.2 Å². The van der Waals surface area contributed by atoms with Crippen LogP contribution in [0.15, 0.2) is 0 Å². The standard InChI is InChI=1S/C13H23NO2/c1-10-6-7-14(9-13(10)16-2)11-4-3-5-12(15)8-11/h10-11,13H,3-9H2,1-2H3. The van der Waals surface area contributed by atoms with Gasteiger partial charge in [-0.05, 0) is 31.7 Å². The van der Waals surface area contributed by atoms with E-state index in [2.05, 4.69) is 11.8 Å². The van der Waals surface area contributed by atoms with Gasteiger partial charge < -0.3 is 4.74 Å². The number of piperidine rings is 1. The van der Waals surface area contributed by atoms with Gasteiger partial charge in [0.25, 0.3) is 0 Å². The number of rotatable bonds is 2. The number of hydrogen-bond acceptors (Lipinski definition) is 3. The molecule has 3 nitrogen and oxygen atoms in total. The number of ether oxygens (including phenoxy) is 1. The Morgan fingerprint density at radius 1 is 1.38 bits per heavy atom. The van der Waals surface area contributed by atoms with Crippen molar-refractivity contribution in [3.8, 4) is 0 Å². The highest BCUT2D eigenvalue weighted by Crippen LogP contribution is 2.26. The maximum Gasteiger partial charge on any atom is 0.134 e. The number of Topliss-reactive ketones (excluding diaryl/α,β-unsaturated/α-hetero) is 1. The molecular formula is C13H23NO2. The van der Waals surface area contributed by atoms with Crippen molar-refractivity contribution >= 4 is 5.78 Å². The zero-order chi connectivity index (χ0) is 11.5. The average Bonchev–Trinajstić information content (AvgIpc) is 2.29. The van der Waals surface area contributed by atoms with Gasteiger partial charge in [-0.2, -0.15) is 0 Å². The normalized spacial score (nSPS) is 37.6. The highest BCUT2D eigenvalue weighted by molar-refractivity contribution is 5.79. The van der Waals surface area contributed by atoms with Gasteiger partial charge >= 0.3 is 0 Å². The van der Waals surface area contributed by atoms with Crippen molar-refractivity contribution in [2.24, 2.45) is 5.92 Å². The lowest BCUT2D eigenvalue weighted by Crippen LogP contribution is -2.49. The maximum absolute atomic E-state index is 11.5. The number of carbonyl (C=O) groups is 1. The van der Waals surface area contributed by atoms with Gasteiger partial charge in [0.15, 0.2) is 0 Å². The summed E-state index contributed by atoms with van der Waals surface area (Å²) in [5, 5.41) is 0. The van der Waals surface area contributed by atoms with E-state index < -0.39 is 0 Å². The highest BCUT2D eigenvalue weighted by atomic mass is 16.5. The van der Waals surface area contributed by atoms with E-state index in [1.54, 1.807) is 7.11 Å². The molecule has 3 unspecified atom stereocenters. The largest absolute Gasteiger partial charge is 0.380 e. The van der Waals surface area contributed by atoms with E-state index in [1.807, 2.05) is 0 Å². The summed E-state index contributed by atoms with van der Waals surface area (Å²) in [5.74, 6) is 1.10. The lowest BCUT2D eigenvalue weighted by atomic mass is 9.89. The van der Waals surface area contributed by atoms with Gasteiger partial charge in [-0.3, -0.25) is 9.69 Å². The molecule has 16 heavy (non-hydrogen) atoms. The molecule has 0 aromatic heterocycles. The van der Waals surface area contributed by atoms with Crippen LogP contribution in [0.4, 0.5) is 0 Å². The number of nitrogens with zero attached hydrogens (tertiary/aromatic N) is 1. The second-order valence-electron chi connectivity index (χ2n) is 5.32. The third-order valence-corrected chi connectivity index (χ3v) is 4.20. The van der Waals surface area contributed by atoms with E-state index in [0.29, 0.717) is 23.8 Å². The van der Waals surface area contributed by atoms with Crippen molar-refractivity contribution in [3.63, 3.8) is 0 Å². The Balaban J connectivity index is 1.91. The molecule has 1 saturated carbocycles. The zero-order valence-corrected chi connectivity index (χ0v) is 10.4. The second-order valence-corrected chi connectivity index (χ2v) is 5.32. The molecule has 2 aliphatic rings. The first-order valence-corrected chi connectivity index (χ1v) is 6.49. The van der Waals surface area contributed by atoms with Crippen LogP contribution in [0, 0.1) is 5.92 Å². The van der Waals surface area contributed by atoms with Crippen molar-refractivity contribution in [3.05, 3.63) is 0 Å². The fourth-order valence-electron chi connectivity index (χ4n) is 3.01. The Morgan fingerprint density at radius 2 is 2.19 bits per heavy atom. The van der Waals surface area contributed by atoms with Gasteiger partial charge in [0.1, 0.15) is 5.78 Å². The molecule has 3 heteroatoms. The molecule has 0 N–H and O–H groups in total. The third kappa shape index (κ3) is 2.64. The van der Waals surface area contributed by atoms with E-state index in [1.165, 1.54) is 12.8 Å². The van der Waals surface area contributed by atoms with Crippen molar-refractivity contribution < 1.29 is 9.53 Å². The van der Waals surface area contributed by atoms with E-state index in [9.17, 15) is 4.79 Å². The van der Waals surface area contributed by atoms with Crippen LogP contribution in [-0.4, -0.2) is 43.0 Å². The van der Waals surface area contributed by atoms with Crippen molar-refractivity contribution in [1.82, 2.24) is 4.90 Å². The lowest BCUT2D eigenvalue weighted by molar-refractivity contribution is -0.122. The molecule has 0 aromatic carbocycles. The quantitative estimate of drug-likeness (QED) is 0.718. The van der Waals surface area contributed by atoms with E-state index in [-0.39, 0.29) is 0 Å². The molecule has 0 amide bonds. The monoisotopic (exact) mass is 225 g/mol. The molecular weight excluding hydrogens is 202 g/mol. The van der Waals surface area contributed by atoms with Crippen LogP contribution in [0.5, 0.6) is 0 Å². The smallest absolute Gasteiger partial charge is 0.134 e. The van der Waals surface area contributed by atoms with Gasteiger partial charge in [0.2, 0.25) is 0 Å². The van der Waals surface area contributed by atoms with Crippen molar-refractivity contribution in [1.29, 1.82) is 0 Å². The van der Waals surface area contributed by atoms with Gasteiger partial charge in [0, 0.05) is 32.5 Å². The summed E-state index contributed by atoms with van der Waals surface area (Å²) in [6, 6.07) is 0.492. The molecule has 0 bridgehead atoms. The number of hydrogen-bond donors (Lipinski definition) is 0. The Morgan fingerprint density at radius 3 is 2.88 bits per heavy atom. The van der Waals surface area contributed by atoms with Crippen LogP contribution in [0.3, 0.4) is 0 Å². The first kappa shape index (κ1) is 12.1. The minimum absolute atomic E-state index is 0.353. The van der Waals surface area contributed by atoms with Gasteiger partial charge in [-0.25, -0.2) is 0 Å². The van der Waals surface area contributed by atoms with Crippen LogP contribution < -0.4 is 0 Å². The Labute approximate surface area is 98.1 Å². The minimum Gasteiger partial charge on any atom is -0.380 e. The van der Waals surface area contributed by atoms with E-state index in [4.69, 9.17) is 4.74 Å². The first-order chi connectivity index (χ1) is 7.70. The topological polar surface area (TPSA) is 29.5 Å². The van der Waals surface area contributed by atoms with Crippen LogP contribution in [0.2, 0.25) is 0 Å². The SMILES string of the molecule is COC1CN(C2CCCC(=O)C2)CCC1C. The third-order valence-electron chi connectivity index (χ3n) is 4.20. The Kier molecular flexibility index (Phi) is 3.98. The van der Waals surface area contributed by atoms with Crippen molar-refractivity contribution in [2.45, 2.75) is 51.2 Å². The molecule has 1 aliphatic heterocycles. The number of carbonyl (C=O) groups excluding carboxylic acids is 1. The number of ketones is 1. The summed E-state index contributed by atoms with van der Waals surface area (Å²) >= 11 is 0. The zero-order valence-electron chi connectivity index (χ0n) is 10.4. The van der Waals surface area contributed by atoms with Crippen LogP contribution in [0.1, 0.15) is 39.0 Å². The van der Waals surface area contributed by atoms with E-state index in [0.717, 1.165) is 32.4 Å². The Bertz CT molecular complexity index is 254. The van der Waals surface area contributed by atoms with E-state index >= 15 is 0 Å². The van der Waals surface area contributed by atoms with Crippen LogP contribution >= 0.6 is 0 Å².